The van der Waals surface area contributed by atoms with Crippen molar-refractivity contribution in [3.8, 4) is 0 Å². The number of esters is 1. The number of hydrogen-bond donors (Lipinski definition) is 3. The summed E-state index contributed by atoms with van der Waals surface area (Å²) in [6, 6.07) is 8.85. The van der Waals surface area contributed by atoms with Crippen LogP contribution in [0.5, 0.6) is 0 Å². The number of ether oxygens (including phenoxy) is 1. The van der Waals surface area contributed by atoms with Crippen molar-refractivity contribution in [1.29, 1.82) is 0 Å². The topological polar surface area (TPSA) is 78.8 Å². The lowest BCUT2D eigenvalue weighted by Crippen LogP contribution is -2.35. The highest BCUT2D eigenvalue weighted by Gasteiger charge is 2.40. The van der Waals surface area contributed by atoms with Crippen molar-refractivity contribution in [2.75, 3.05) is 13.2 Å². The molecule has 1 fully saturated rings. The predicted octanol–water partition coefficient (Wildman–Crippen LogP) is -0.185. The van der Waals surface area contributed by atoms with Crippen molar-refractivity contribution < 1.29 is 19.7 Å². The Morgan fingerprint density at radius 1 is 1.44 bits per heavy atom. The van der Waals surface area contributed by atoms with Gasteiger partial charge in [0.1, 0.15) is 18.2 Å². The molecule has 2 unspecified atom stereocenters. The zero-order chi connectivity index (χ0) is 13.0. The molecule has 1 aliphatic rings. The Hall–Kier alpha value is -1.43. The van der Waals surface area contributed by atoms with Crippen molar-refractivity contribution in [2.45, 2.75) is 24.7 Å². The van der Waals surface area contributed by atoms with Gasteiger partial charge < -0.3 is 20.3 Å². The zero-order valence-electron chi connectivity index (χ0n) is 10.0. The summed E-state index contributed by atoms with van der Waals surface area (Å²) < 4.78 is 5.16. The van der Waals surface area contributed by atoms with Crippen LogP contribution in [-0.4, -0.2) is 41.0 Å². The molecule has 1 heterocycles. The number of nitrogens with one attached hydrogen (secondary N) is 1. The number of carbonyl (C=O) groups is 1. The summed E-state index contributed by atoms with van der Waals surface area (Å²) in [5, 5.41) is 21.6. The fraction of sp³-hybridized carbons (Fsp3) is 0.462. The van der Waals surface area contributed by atoms with E-state index in [2.05, 4.69) is 5.32 Å². The van der Waals surface area contributed by atoms with Crippen molar-refractivity contribution in [1.82, 2.24) is 5.32 Å². The number of aliphatic hydroxyl groups excluding tert-OH is 1. The molecule has 0 bridgehead atoms. The number of carbonyl (C=O) groups excluding carboxylic acids is 1. The van der Waals surface area contributed by atoms with Crippen molar-refractivity contribution in [3.05, 3.63) is 35.9 Å². The van der Waals surface area contributed by atoms with E-state index < -0.39 is 17.6 Å². The van der Waals surface area contributed by atoms with Gasteiger partial charge in [-0.2, -0.15) is 0 Å². The molecule has 2 rings (SSSR count). The van der Waals surface area contributed by atoms with Gasteiger partial charge in [0.05, 0.1) is 6.61 Å². The fourth-order valence-corrected chi connectivity index (χ4v) is 1.95. The zero-order valence-corrected chi connectivity index (χ0v) is 10.0. The van der Waals surface area contributed by atoms with Crippen LogP contribution < -0.4 is 5.32 Å². The average molecular weight is 251 g/mol. The molecule has 3 N–H and O–H groups in total. The monoisotopic (exact) mass is 251 g/mol. The van der Waals surface area contributed by atoms with Gasteiger partial charge in [-0.15, -0.1) is 0 Å². The fourth-order valence-electron chi connectivity index (χ4n) is 1.95. The van der Waals surface area contributed by atoms with Gasteiger partial charge in [-0.1, -0.05) is 30.3 Å². The number of β-amino-alcohol motifs (C(OH)–C–C–N with tert-alkyl or cyclic N) is 1. The average Bonchev–Trinajstić information content (AvgIpc) is 2.81. The molecule has 18 heavy (non-hydrogen) atoms. The summed E-state index contributed by atoms with van der Waals surface area (Å²) in [5.74, 6) is -0.400. The van der Waals surface area contributed by atoms with Crippen LogP contribution in [0.3, 0.4) is 0 Å². The normalized spacial score (nSPS) is 27.1. The Morgan fingerprint density at radius 2 is 2.17 bits per heavy atom. The van der Waals surface area contributed by atoms with Gasteiger partial charge in [0, 0.05) is 13.0 Å². The molecular formula is C13H17NO4. The maximum atomic E-state index is 11.7. The summed E-state index contributed by atoms with van der Waals surface area (Å²) >= 11 is 0. The minimum atomic E-state index is -1.21. The summed E-state index contributed by atoms with van der Waals surface area (Å²) in [4.78, 5) is 11.7. The molecule has 1 saturated heterocycles. The van der Waals surface area contributed by atoms with Crippen LogP contribution in [0.2, 0.25) is 0 Å². The van der Waals surface area contributed by atoms with Crippen LogP contribution >= 0.6 is 0 Å². The highest BCUT2D eigenvalue weighted by molar-refractivity contribution is 5.76. The van der Waals surface area contributed by atoms with Crippen LogP contribution in [0, 0.1) is 0 Å². The third kappa shape index (κ3) is 3.07. The Bertz CT molecular complexity index is 409. The van der Waals surface area contributed by atoms with Gasteiger partial charge in [-0.25, -0.2) is 0 Å². The lowest BCUT2D eigenvalue weighted by molar-refractivity contribution is -0.147. The molecule has 1 aliphatic heterocycles. The Labute approximate surface area is 105 Å². The first kappa shape index (κ1) is 13.0. The highest BCUT2D eigenvalue weighted by Crippen LogP contribution is 2.19. The van der Waals surface area contributed by atoms with E-state index in [0.29, 0.717) is 0 Å². The van der Waals surface area contributed by atoms with Gasteiger partial charge in [0.25, 0.3) is 0 Å². The van der Waals surface area contributed by atoms with Crippen molar-refractivity contribution >= 4 is 5.97 Å². The minimum absolute atomic E-state index is 0.178. The number of hydrogen-bond acceptors (Lipinski definition) is 5. The van der Waals surface area contributed by atoms with E-state index in [4.69, 9.17) is 9.84 Å². The second-order valence-electron chi connectivity index (χ2n) is 4.61. The van der Waals surface area contributed by atoms with Crippen molar-refractivity contribution in [3.63, 3.8) is 0 Å². The summed E-state index contributed by atoms with van der Waals surface area (Å²) in [7, 11) is 0. The standard InChI is InChI=1S/C13H17NO4/c15-9-13(17)6-11(14-8-13)12(16)18-7-10-4-2-1-3-5-10/h1-5,11,14-15,17H,6-9H2. The van der Waals surface area contributed by atoms with Crippen molar-refractivity contribution in [2.24, 2.45) is 0 Å². The lowest BCUT2D eigenvalue weighted by atomic mass is 10.0. The first-order chi connectivity index (χ1) is 8.63. The molecule has 0 radical (unpaired) electrons. The second-order valence-corrected chi connectivity index (χ2v) is 4.61. The lowest BCUT2D eigenvalue weighted by Gasteiger charge is -2.17. The summed E-state index contributed by atoms with van der Waals surface area (Å²) in [5.41, 5.74) is -0.294. The molecule has 98 valence electrons. The molecule has 0 amide bonds. The molecule has 5 nitrogen and oxygen atoms in total. The van der Waals surface area contributed by atoms with Crippen LogP contribution in [0.15, 0.2) is 30.3 Å². The van der Waals surface area contributed by atoms with E-state index in [-0.39, 0.29) is 26.2 Å². The Kier molecular flexibility index (Phi) is 3.96. The number of rotatable bonds is 4. The molecule has 1 aromatic rings. The van der Waals surface area contributed by atoms with E-state index in [0.717, 1.165) is 5.56 Å². The van der Waals surface area contributed by atoms with Gasteiger partial charge >= 0.3 is 5.97 Å². The maximum Gasteiger partial charge on any atom is 0.323 e. The molecular weight excluding hydrogens is 234 g/mol. The van der Waals surface area contributed by atoms with E-state index in [1.54, 1.807) is 0 Å². The smallest absolute Gasteiger partial charge is 0.323 e. The van der Waals surface area contributed by atoms with Gasteiger partial charge in [-0.05, 0) is 5.56 Å². The highest BCUT2D eigenvalue weighted by atomic mass is 16.5. The van der Waals surface area contributed by atoms with E-state index in [1.807, 2.05) is 30.3 Å². The molecule has 2 atom stereocenters. The Morgan fingerprint density at radius 3 is 2.78 bits per heavy atom. The third-order valence-corrected chi connectivity index (χ3v) is 3.06. The van der Waals surface area contributed by atoms with Crippen LogP contribution in [0.25, 0.3) is 0 Å². The summed E-state index contributed by atoms with van der Waals surface area (Å²) in [6.45, 7) is 0.0620. The minimum Gasteiger partial charge on any atom is -0.460 e. The Balaban J connectivity index is 1.83. The largest absolute Gasteiger partial charge is 0.460 e. The second kappa shape index (κ2) is 5.48. The van der Waals surface area contributed by atoms with Crippen LogP contribution in [0.4, 0.5) is 0 Å². The van der Waals surface area contributed by atoms with E-state index in [1.165, 1.54) is 0 Å². The summed E-state index contributed by atoms with van der Waals surface area (Å²) in [6.07, 6.45) is 0.178. The van der Waals surface area contributed by atoms with Gasteiger partial charge in [0.15, 0.2) is 0 Å². The molecule has 0 aliphatic carbocycles. The molecule has 0 saturated carbocycles. The SMILES string of the molecule is O=C(OCc1ccccc1)C1CC(O)(CO)CN1. The molecule has 1 aromatic carbocycles. The number of aliphatic hydroxyl groups is 2. The predicted molar refractivity (Wildman–Crippen MR) is 64.7 cm³/mol. The van der Waals surface area contributed by atoms with Crippen LogP contribution in [-0.2, 0) is 16.1 Å². The third-order valence-electron chi connectivity index (χ3n) is 3.06. The van der Waals surface area contributed by atoms with Gasteiger partial charge in [-0.3, -0.25) is 4.79 Å². The molecule has 5 heteroatoms. The quantitative estimate of drug-likeness (QED) is 0.647. The van der Waals surface area contributed by atoms with Gasteiger partial charge in [0.2, 0.25) is 0 Å². The molecule has 0 aromatic heterocycles. The van der Waals surface area contributed by atoms with E-state index in [9.17, 15) is 9.90 Å². The van der Waals surface area contributed by atoms with E-state index >= 15 is 0 Å². The van der Waals surface area contributed by atoms with Crippen LogP contribution in [0.1, 0.15) is 12.0 Å². The number of benzene rings is 1. The first-order valence-corrected chi connectivity index (χ1v) is 5.90. The maximum absolute atomic E-state index is 11.7. The first-order valence-electron chi connectivity index (χ1n) is 5.90. The molecule has 0 spiro atoms.